The van der Waals surface area contributed by atoms with E-state index in [4.69, 9.17) is 0 Å². The third-order valence-corrected chi connectivity index (χ3v) is 5.37. The summed E-state index contributed by atoms with van der Waals surface area (Å²) in [4.78, 5) is 5.45. The molecule has 3 aliphatic heterocycles. The summed E-state index contributed by atoms with van der Waals surface area (Å²) in [5.74, 6) is 0. The van der Waals surface area contributed by atoms with E-state index in [0.717, 1.165) is 12.6 Å². The second-order valence-electron chi connectivity index (χ2n) is 6.58. The highest BCUT2D eigenvalue weighted by Crippen LogP contribution is 2.27. The number of hydrogen-bond acceptors (Lipinski definition) is 3. The van der Waals surface area contributed by atoms with E-state index in [9.17, 15) is 0 Å². The maximum Gasteiger partial charge on any atom is 0.0373 e. The van der Waals surface area contributed by atoms with Crippen molar-refractivity contribution < 1.29 is 0 Å². The van der Waals surface area contributed by atoms with Crippen LogP contribution in [0.3, 0.4) is 0 Å². The Bertz CT molecular complexity index is 467. The maximum absolute atomic E-state index is 3.62. The predicted molar refractivity (Wildman–Crippen MR) is 83.2 cm³/mol. The summed E-state index contributed by atoms with van der Waals surface area (Å²) in [6, 6.07) is 10.3. The third kappa shape index (κ3) is 2.33. The molecule has 0 saturated carbocycles. The highest BCUT2D eigenvalue weighted by atomic mass is 15.3. The van der Waals surface area contributed by atoms with Crippen LogP contribution in [0.2, 0.25) is 0 Å². The van der Waals surface area contributed by atoms with Crippen molar-refractivity contribution in [3.63, 3.8) is 0 Å². The normalized spacial score (nSPS) is 31.2. The Morgan fingerprint density at radius 2 is 1.80 bits per heavy atom. The highest BCUT2D eigenvalue weighted by Gasteiger charge is 2.33. The summed E-state index contributed by atoms with van der Waals surface area (Å²) in [5, 5.41) is 3.62. The van der Waals surface area contributed by atoms with Gasteiger partial charge in [-0.25, -0.2) is 0 Å². The summed E-state index contributed by atoms with van der Waals surface area (Å²) in [6.07, 6.45) is 5.41. The molecule has 3 nitrogen and oxygen atoms in total. The summed E-state index contributed by atoms with van der Waals surface area (Å²) in [5.41, 5.74) is 2.84. The molecule has 2 atom stereocenters. The number of benzene rings is 1. The first-order chi connectivity index (χ1) is 9.90. The van der Waals surface area contributed by atoms with Gasteiger partial charge in [0.15, 0.2) is 0 Å². The summed E-state index contributed by atoms with van der Waals surface area (Å²) in [7, 11) is 0. The fourth-order valence-electron chi connectivity index (χ4n) is 4.19. The summed E-state index contributed by atoms with van der Waals surface area (Å²) >= 11 is 0. The number of fused-ring (bicyclic) bond motifs is 1. The average Bonchev–Trinajstić information content (AvgIpc) is 3.17. The van der Waals surface area contributed by atoms with Gasteiger partial charge in [0.05, 0.1) is 0 Å². The topological polar surface area (TPSA) is 18.5 Å². The zero-order valence-electron chi connectivity index (χ0n) is 12.2. The van der Waals surface area contributed by atoms with Gasteiger partial charge in [0.1, 0.15) is 0 Å². The van der Waals surface area contributed by atoms with Crippen LogP contribution in [0.25, 0.3) is 0 Å². The first kappa shape index (κ1) is 12.7. The second kappa shape index (κ2) is 5.38. The zero-order valence-corrected chi connectivity index (χ0v) is 12.2. The molecule has 1 aromatic carbocycles. The lowest BCUT2D eigenvalue weighted by Gasteiger charge is -2.34. The molecule has 2 unspecified atom stereocenters. The smallest absolute Gasteiger partial charge is 0.0373 e. The molecule has 2 saturated heterocycles. The van der Waals surface area contributed by atoms with Crippen molar-refractivity contribution in [2.45, 2.75) is 37.8 Å². The van der Waals surface area contributed by atoms with Crippen molar-refractivity contribution in [1.29, 1.82) is 0 Å². The lowest BCUT2D eigenvalue weighted by molar-refractivity contribution is 0.201. The SMILES string of the molecule is c1ccc2c(c1)CC(N1CCC(N3CCCC3)C1)CN2. The number of nitrogens with zero attached hydrogens (tertiary/aromatic N) is 2. The van der Waals surface area contributed by atoms with Gasteiger partial charge in [-0.1, -0.05) is 18.2 Å². The Kier molecular flexibility index (Phi) is 3.41. The van der Waals surface area contributed by atoms with Crippen molar-refractivity contribution in [2.75, 3.05) is 38.0 Å². The lowest BCUT2D eigenvalue weighted by Crippen LogP contribution is -2.44. The van der Waals surface area contributed by atoms with Crippen LogP contribution in [-0.4, -0.2) is 54.6 Å². The van der Waals surface area contributed by atoms with E-state index in [1.54, 1.807) is 0 Å². The highest BCUT2D eigenvalue weighted by molar-refractivity contribution is 5.53. The monoisotopic (exact) mass is 271 g/mol. The Morgan fingerprint density at radius 3 is 2.70 bits per heavy atom. The molecule has 3 heteroatoms. The molecule has 0 amide bonds. The number of para-hydroxylation sites is 1. The Labute approximate surface area is 121 Å². The Morgan fingerprint density at radius 1 is 0.950 bits per heavy atom. The van der Waals surface area contributed by atoms with Gasteiger partial charge in [-0.3, -0.25) is 9.80 Å². The van der Waals surface area contributed by atoms with Crippen molar-refractivity contribution in [1.82, 2.24) is 9.80 Å². The van der Waals surface area contributed by atoms with Gasteiger partial charge in [-0.2, -0.15) is 0 Å². The number of likely N-dealkylation sites (tertiary alicyclic amines) is 2. The van der Waals surface area contributed by atoms with Crippen molar-refractivity contribution in [3.05, 3.63) is 29.8 Å². The Balaban J connectivity index is 1.40. The minimum Gasteiger partial charge on any atom is -0.383 e. The number of rotatable bonds is 2. The van der Waals surface area contributed by atoms with Gasteiger partial charge in [0.25, 0.3) is 0 Å². The van der Waals surface area contributed by atoms with Crippen LogP contribution >= 0.6 is 0 Å². The van der Waals surface area contributed by atoms with Gasteiger partial charge >= 0.3 is 0 Å². The van der Waals surface area contributed by atoms with E-state index in [-0.39, 0.29) is 0 Å². The largest absolute Gasteiger partial charge is 0.383 e. The summed E-state index contributed by atoms with van der Waals surface area (Å²) < 4.78 is 0. The van der Waals surface area contributed by atoms with E-state index >= 15 is 0 Å². The predicted octanol–water partition coefficient (Wildman–Crippen LogP) is 2.19. The fraction of sp³-hybridized carbons (Fsp3) is 0.647. The first-order valence-electron chi connectivity index (χ1n) is 8.20. The molecular formula is C17H25N3. The van der Waals surface area contributed by atoms with E-state index in [0.29, 0.717) is 6.04 Å². The van der Waals surface area contributed by atoms with E-state index < -0.39 is 0 Å². The number of hydrogen-bond donors (Lipinski definition) is 1. The molecule has 0 aromatic heterocycles. The fourth-order valence-corrected chi connectivity index (χ4v) is 4.19. The molecule has 1 aromatic rings. The van der Waals surface area contributed by atoms with Gasteiger partial charge in [0, 0.05) is 37.4 Å². The standard InChI is InChI=1S/C17H25N3/c1-2-6-17-14(5-1)11-16(12-18-17)20-10-7-15(13-20)19-8-3-4-9-19/h1-2,5-6,15-16,18H,3-4,7-13H2. The zero-order chi connectivity index (χ0) is 13.4. The molecule has 20 heavy (non-hydrogen) atoms. The molecule has 3 heterocycles. The van der Waals surface area contributed by atoms with Crippen LogP contribution in [-0.2, 0) is 6.42 Å². The third-order valence-electron chi connectivity index (χ3n) is 5.37. The van der Waals surface area contributed by atoms with Crippen LogP contribution in [0.15, 0.2) is 24.3 Å². The average molecular weight is 271 g/mol. The number of anilines is 1. The van der Waals surface area contributed by atoms with Crippen molar-refractivity contribution >= 4 is 5.69 Å². The molecule has 1 N–H and O–H groups in total. The van der Waals surface area contributed by atoms with Crippen LogP contribution in [0.4, 0.5) is 5.69 Å². The van der Waals surface area contributed by atoms with E-state index in [1.807, 2.05) is 0 Å². The summed E-state index contributed by atoms with van der Waals surface area (Å²) in [6.45, 7) is 6.36. The van der Waals surface area contributed by atoms with Gasteiger partial charge < -0.3 is 5.32 Å². The van der Waals surface area contributed by atoms with Gasteiger partial charge in [-0.05, 0) is 50.4 Å². The molecule has 0 bridgehead atoms. The molecule has 3 aliphatic rings. The minimum atomic E-state index is 0.692. The molecule has 0 aliphatic carbocycles. The minimum absolute atomic E-state index is 0.692. The van der Waals surface area contributed by atoms with Gasteiger partial charge in [0.2, 0.25) is 0 Å². The van der Waals surface area contributed by atoms with Crippen LogP contribution in [0.5, 0.6) is 0 Å². The van der Waals surface area contributed by atoms with Crippen molar-refractivity contribution in [3.8, 4) is 0 Å². The van der Waals surface area contributed by atoms with Gasteiger partial charge in [-0.15, -0.1) is 0 Å². The maximum atomic E-state index is 3.62. The van der Waals surface area contributed by atoms with Crippen LogP contribution in [0.1, 0.15) is 24.8 Å². The van der Waals surface area contributed by atoms with Crippen LogP contribution in [0, 0.1) is 0 Å². The molecule has 0 radical (unpaired) electrons. The lowest BCUT2D eigenvalue weighted by atomic mass is 9.99. The molecule has 108 valence electrons. The van der Waals surface area contributed by atoms with Crippen molar-refractivity contribution in [2.24, 2.45) is 0 Å². The molecular weight excluding hydrogens is 246 g/mol. The van der Waals surface area contributed by atoms with E-state index in [1.165, 1.54) is 63.1 Å². The Hall–Kier alpha value is -1.06. The molecule has 4 rings (SSSR count). The number of nitrogens with one attached hydrogen (secondary N) is 1. The quantitative estimate of drug-likeness (QED) is 0.889. The second-order valence-corrected chi connectivity index (χ2v) is 6.58. The van der Waals surface area contributed by atoms with Crippen LogP contribution < -0.4 is 5.32 Å². The van der Waals surface area contributed by atoms with E-state index in [2.05, 4.69) is 39.4 Å². The molecule has 2 fully saturated rings. The molecule has 0 spiro atoms. The first-order valence-corrected chi connectivity index (χ1v) is 8.20.